The molecule has 198 valence electrons. The summed E-state index contributed by atoms with van der Waals surface area (Å²) in [6.45, 7) is 2.56. The number of fused-ring (bicyclic) bond motifs is 3. The fourth-order valence-electron chi connectivity index (χ4n) is 4.95. The van der Waals surface area contributed by atoms with Crippen molar-refractivity contribution in [1.82, 2.24) is 0 Å². The van der Waals surface area contributed by atoms with Crippen LogP contribution in [0.3, 0.4) is 0 Å². The maximum Gasteiger partial charge on any atom is 0.155 e. The molecule has 0 saturated heterocycles. The zero-order chi connectivity index (χ0) is 28.6. The van der Waals surface area contributed by atoms with Crippen LogP contribution < -0.4 is 0 Å². The molecule has 0 saturated carbocycles. The molecule has 6 aromatic rings. The first-order chi connectivity index (χ1) is 20.1. The summed E-state index contributed by atoms with van der Waals surface area (Å²) in [6, 6.07) is 46.7. The predicted molar refractivity (Wildman–Crippen MR) is 180 cm³/mol. The first kappa shape index (κ1) is 27.8. The minimum Gasteiger partial charge on any atom is -0.261 e. The highest BCUT2D eigenvalue weighted by atomic mass is 79.9. The fourth-order valence-corrected chi connectivity index (χ4v) is 5.49. The third-order valence-corrected chi connectivity index (χ3v) is 7.40. The van der Waals surface area contributed by atoms with Crippen molar-refractivity contribution in [1.29, 1.82) is 0 Å². The Morgan fingerprint density at radius 3 is 2.00 bits per heavy atom. The molecule has 6 rings (SSSR count). The van der Waals surface area contributed by atoms with Crippen molar-refractivity contribution < 1.29 is 0 Å². The number of terminal acetylenes is 1. The van der Waals surface area contributed by atoms with E-state index in [1.807, 2.05) is 43.3 Å². The van der Waals surface area contributed by atoms with Gasteiger partial charge in [0, 0.05) is 15.7 Å². The van der Waals surface area contributed by atoms with Crippen LogP contribution in [0.4, 0.5) is 0 Å². The van der Waals surface area contributed by atoms with Crippen molar-refractivity contribution in [3.8, 4) is 24.0 Å². The lowest BCUT2D eigenvalue weighted by atomic mass is 9.97. The average Bonchev–Trinajstić information content (AvgIpc) is 3.04. The second kappa shape index (κ2) is 13.0. The minimum atomic E-state index is 0.528. The van der Waals surface area contributed by atoms with Crippen molar-refractivity contribution in [2.75, 3.05) is 0 Å². The molecule has 41 heavy (non-hydrogen) atoms. The molecule has 3 heteroatoms. The van der Waals surface area contributed by atoms with Crippen LogP contribution in [0.25, 0.3) is 32.7 Å². The standard InChI is InChI=1S/C36H27BrN2.C2H2/c1-25(27-10-4-2-5-11-27)39-36(29-13-6-3-7-14-29)38-24-26-20-32(23-33(37)21-26)30-18-19-35-31(22-30)17-16-28-12-8-9-15-34(28)35;1-2/h2-23H,24H2,1H3;1-2H. The molecule has 0 aliphatic heterocycles. The molecular formula is C38H29BrN2. The molecule has 2 nitrogen and oxygen atoms in total. The summed E-state index contributed by atoms with van der Waals surface area (Å²) in [7, 11) is 0. The van der Waals surface area contributed by atoms with Gasteiger partial charge in [-0.15, -0.1) is 12.8 Å². The lowest BCUT2D eigenvalue weighted by Crippen LogP contribution is -2.04. The summed E-state index contributed by atoms with van der Waals surface area (Å²) in [5.41, 5.74) is 6.51. The van der Waals surface area contributed by atoms with Gasteiger partial charge in [-0.25, -0.2) is 4.99 Å². The number of benzene rings is 6. The lowest BCUT2D eigenvalue weighted by Gasteiger charge is -2.10. The fraction of sp³-hybridized carbons (Fsp3) is 0.0526. The second-order valence-electron chi connectivity index (χ2n) is 9.64. The molecule has 0 radical (unpaired) electrons. The van der Waals surface area contributed by atoms with Crippen LogP contribution in [0.2, 0.25) is 0 Å². The van der Waals surface area contributed by atoms with Gasteiger partial charge in [0.05, 0.1) is 6.54 Å². The zero-order valence-electron chi connectivity index (χ0n) is 22.8. The van der Waals surface area contributed by atoms with Gasteiger partial charge in [0.2, 0.25) is 0 Å². The van der Waals surface area contributed by atoms with Gasteiger partial charge in [0.15, 0.2) is 5.84 Å². The van der Waals surface area contributed by atoms with Crippen LogP contribution in [0.5, 0.6) is 0 Å². The molecule has 0 amide bonds. The summed E-state index contributed by atoms with van der Waals surface area (Å²) in [6.07, 6.45) is 8.00. The number of hydrogen-bond acceptors (Lipinski definition) is 1. The third kappa shape index (κ3) is 6.52. The maximum absolute atomic E-state index is 5.00. The Hall–Kier alpha value is -4.78. The van der Waals surface area contributed by atoms with E-state index in [2.05, 4.69) is 126 Å². The molecule has 0 N–H and O–H groups in total. The Bertz CT molecular complexity index is 1880. The monoisotopic (exact) mass is 592 g/mol. The van der Waals surface area contributed by atoms with Gasteiger partial charge >= 0.3 is 0 Å². The molecule has 0 aromatic heterocycles. The molecular weight excluding hydrogens is 564 g/mol. The third-order valence-electron chi connectivity index (χ3n) is 6.94. The smallest absolute Gasteiger partial charge is 0.155 e. The van der Waals surface area contributed by atoms with Gasteiger partial charge in [-0.3, -0.25) is 4.99 Å². The number of nitrogens with zero attached hydrogens (tertiary/aromatic N) is 2. The van der Waals surface area contributed by atoms with Crippen LogP contribution in [0.1, 0.15) is 23.6 Å². The van der Waals surface area contributed by atoms with Crippen LogP contribution in [-0.2, 0) is 6.54 Å². The van der Waals surface area contributed by atoms with Crippen molar-refractivity contribution >= 4 is 49.0 Å². The van der Waals surface area contributed by atoms with Gasteiger partial charge in [0.1, 0.15) is 0 Å². The Labute approximate surface area is 250 Å². The van der Waals surface area contributed by atoms with Gasteiger partial charge in [-0.05, 0) is 75.0 Å². The molecule has 0 atom stereocenters. The van der Waals surface area contributed by atoms with E-state index in [0.717, 1.165) is 38.3 Å². The van der Waals surface area contributed by atoms with E-state index in [0.29, 0.717) is 6.54 Å². The van der Waals surface area contributed by atoms with E-state index in [1.165, 1.54) is 27.1 Å². The summed E-state index contributed by atoms with van der Waals surface area (Å²) in [5.74, 6) is 0.732. The Kier molecular flexibility index (Phi) is 8.84. The van der Waals surface area contributed by atoms with Crippen molar-refractivity contribution in [2.24, 2.45) is 9.98 Å². The number of aliphatic imine (C=N–C) groups is 2. The van der Waals surface area contributed by atoms with Crippen LogP contribution >= 0.6 is 15.9 Å². The lowest BCUT2D eigenvalue weighted by molar-refractivity contribution is 1.06. The maximum atomic E-state index is 5.00. The highest BCUT2D eigenvalue weighted by Gasteiger charge is 2.08. The summed E-state index contributed by atoms with van der Waals surface area (Å²) >= 11 is 3.74. The topological polar surface area (TPSA) is 24.7 Å². The Balaban J connectivity index is 0.00000165. The largest absolute Gasteiger partial charge is 0.261 e. The van der Waals surface area contributed by atoms with E-state index in [1.54, 1.807) is 0 Å². The molecule has 6 aromatic carbocycles. The van der Waals surface area contributed by atoms with Gasteiger partial charge < -0.3 is 0 Å². The molecule has 0 bridgehead atoms. The molecule has 0 aliphatic carbocycles. The predicted octanol–water partition coefficient (Wildman–Crippen LogP) is 10.1. The number of halogens is 1. The molecule has 0 unspecified atom stereocenters. The highest BCUT2D eigenvalue weighted by molar-refractivity contribution is 9.10. The van der Waals surface area contributed by atoms with Gasteiger partial charge in [-0.1, -0.05) is 125 Å². The van der Waals surface area contributed by atoms with Crippen molar-refractivity contribution in [3.05, 3.63) is 155 Å². The van der Waals surface area contributed by atoms with E-state index in [9.17, 15) is 0 Å². The molecule has 0 heterocycles. The first-order valence-corrected chi connectivity index (χ1v) is 14.2. The summed E-state index contributed by atoms with van der Waals surface area (Å²) in [4.78, 5) is 9.95. The first-order valence-electron chi connectivity index (χ1n) is 13.4. The molecule has 0 aliphatic rings. The Morgan fingerprint density at radius 2 is 1.24 bits per heavy atom. The van der Waals surface area contributed by atoms with Gasteiger partial charge in [-0.2, -0.15) is 0 Å². The van der Waals surface area contributed by atoms with E-state index in [-0.39, 0.29) is 0 Å². The summed E-state index contributed by atoms with van der Waals surface area (Å²) < 4.78 is 1.04. The van der Waals surface area contributed by atoms with E-state index in [4.69, 9.17) is 9.98 Å². The number of rotatable bonds is 5. The van der Waals surface area contributed by atoms with Crippen molar-refractivity contribution in [3.63, 3.8) is 0 Å². The highest BCUT2D eigenvalue weighted by Crippen LogP contribution is 2.31. The Morgan fingerprint density at radius 1 is 0.610 bits per heavy atom. The number of amidine groups is 1. The summed E-state index contributed by atoms with van der Waals surface area (Å²) in [5, 5.41) is 5.06. The molecule has 0 fully saturated rings. The van der Waals surface area contributed by atoms with E-state index < -0.39 is 0 Å². The number of hydrogen-bond donors (Lipinski definition) is 0. The zero-order valence-corrected chi connectivity index (χ0v) is 24.4. The molecule has 0 spiro atoms. The normalized spacial score (nSPS) is 11.7. The SMILES string of the molecule is C#C.CC(=NC(=NCc1cc(Br)cc(-c2ccc3c(ccc4ccccc43)c2)c1)c1ccccc1)c1ccccc1. The van der Waals surface area contributed by atoms with Crippen molar-refractivity contribution in [2.45, 2.75) is 13.5 Å². The van der Waals surface area contributed by atoms with Crippen LogP contribution in [-0.4, -0.2) is 11.5 Å². The second-order valence-corrected chi connectivity index (χ2v) is 10.6. The average molecular weight is 594 g/mol. The van der Waals surface area contributed by atoms with Crippen LogP contribution in [0.15, 0.2) is 148 Å². The van der Waals surface area contributed by atoms with E-state index >= 15 is 0 Å². The minimum absolute atomic E-state index is 0.528. The van der Waals surface area contributed by atoms with Gasteiger partial charge in [0.25, 0.3) is 0 Å². The quantitative estimate of drug-likeness (QED) is 0.0823. The van der Waals surface area contributed by atoms with Crippen LogP contribution in [0, 0.1) is 12.8 Å².